The van der Waals surface area contributed by atoms with Crippen molar-refractivity contribution in [1.82, 2.24) is 4.90 Å². The number of rotatable bonds is 6. The molecule has 0 aromatic heterocycles. The highest BCUT2D eigenvalue weighted by Gasteiger charge is 2.19. The van der Waals surface area contributed by atoms with Gasteiger partial charge < -0.3 is 20.9 Å². The number of nitrogens with two attached hydrogens (primary N) is 1. The summed E-state index contributed by atoms with van der Waals surface area (Å²) < 4.78 is 0. The highest BCUT2D eigenvalue weighted by molar-refractivity contribution is 5.94. The fourth-order valence-corrected chi connectivity index (χ4v) is 3.38. The van der Waals surface area contributed by atoms with Gasteiger partial charge in [-0.25, -0.2) is 0 Å². The predicted molar refractivity (Wildman–Crippen MR) is 107 cm³/mol. The Morgan fingerprint density at radius 3 is 2.38 bits per heavy atom. The van der Waals surface area contributed by atoms with Crippen molar-refractivity contribution >= 4 is 17.3 Å². The molecule has 1 heterocycles. The summed E-state index contributed by atoms with van der Waals surface area (Å²) in [6, 6.07) is 17.5. The van der Waals surface area contributed by atoms with Crippen LogP contribution >= 0.6 is 0 Å². The average molecular weight is 352 g/mol. The zero-order valence-corrected chi connectivity index (χ0v) is 15.4. The highest BCUT2D eigenvalue weighted by Crippen LogP contribution is 2.27. The summed E-state index contributed by atoms with van der Waals surface area (Å²) in [4.78, 5) is 17.3. The van der Waals surface area contributed by atoms with Gasteiger partial charge in [0.05, 0.1) is 11.4 Å². The van der Waals surface area contributed by atoms with Crippen molar-refractivity contribution in [1.29, 1.82) is 0 Å². The van der Waals surface area contributed by atoms with Crippen LogP contribution in [0.4, 0.5) is 11.4 Å². The number of benzene rings is 2. The lowest BCUT2D eigenvalue weighted by Gasteiger charge is -2.36. The summed E-state index contributed by atoms with van der Waals surface area (Å²) in [5.41, 5.74) is 9.11. The second-order valence-corrected chi connectivity index (χ2v) is 6.71. The van der Waals surface area contributed by atoms with E-state index in [1.165, 1.54) is 0 Å². The van der Waals surface area contributed by atoms with Gasteiger partial charge >= 0.3 is 0 Å². The van der Waals surface area contributed by atoms with E-state index < -0.39 is 0 Å². The number of anilines is 2. The lowest BCUT2D eigenvalue weighted by Crippen LogP contribution is -2.46. The van der Waals surface area contributed by atoms with Crippen LogP contribution in [-0.2, 0) is 4.79 Å². The molecule has 26 heavy (non-hydrogen) atoms. The number of para-hydroxylation sites is 2. The molecule has 1 amide bonds. The van der Waals surface area contributed by atoms with Gasteiger partial charge in [0.2, 0.25) is 5.91 Å². The molecule has 0 radical (unpaired) electrons. The largest absolute Gasteiger partial charge is 0.367 e. The summed E-state index contributed by atoms with van der Waals surface area (Å²) in [5.74, 6) is -0.0546. The quantitative estimate of drug-likeness (QED) is 0.839. The van der Waals surface area contributed by atoms with Crippen molar-refractivity contribution in [3.8, 4) is 0 Å². The molecule has 1 fully saturated rings. The molecule has 0 saturated carbocycles. The molecule has 1 aliphatic rings. The standard InChI is InChI=1S/C21H28N4O/c1-2-24-12-14-25(15-13-24)20-11-7-6-10-19(20)23-21(26)16-18(22)17-8-4-3-5-9-17/h3-11,18H,2,12-16,22H2,1H3,(H,23,26). The number of nitrogens with one attached hydrogen (secondary N) is 1. The van der Waals surface area contributed by atoms with E-state index in [0.717, 1.165) is 49.7 Å². The summed E-state index contributed by atoms with van der Waals surface area (Å²) in [6.07, 6.45) is 0.266. The zero-order chi connectivity index (χ0) is 18.4. The number of carbonyl (C=O) groups is 1. The molecule has 138 valence electrons. The van der Waals surface area contributed by atoms with Gasteiger partial charge in [-0.1, -0.05) is 49.4 Å². The van der Waals surface area contributed by atoms with E-state index in [-0.39, 0.29) is 18.4 Å². The van der Waals surface area contributed by atoms with E-state index in [4.69, 9.17) is 5.73 Å². The number of likely N-dealkylation sites (N-methyl/N-ethyl adjacent to an activating group) is 1. The SMILES string of the molecule is CCN1CCN(c2ccccc2NC(=O)CC(N)c2ccccc2)CC1. The van der Waals surface area contributed by atoms with Crippen LogP contribution in [0.2, 0.25) is 0 Å². The number of hydrogen-bond donors (Lipinski definition) is 2. The van der Waals surface area contributed by atoms with Crippen molar-refractivity contribution in [2.45, 2.75) is 19.4 Å². The van der Waals surface area contributed by atoms with Crippen molar-refractivity contribution in [3.05, 3.63) is 60.2 Å². The van der Waals surface area contributed by atoms with E-state index >= 15 is 0 Å². The van der Waals surface area contributed by atoms with Gasteiger partial charge in [-0.3, -0.25) is 4.79 Å². The van der Waals surface area contributed by atoms with Crippen LogP contribution in [0.1, 0.15) is 24.9 Å². The predicted octanol–water partition coefficient (Wildman–Crippen LogP) is 2.86. The number of nitrogens with zero attached hydrogens (tertiary/aromatic N) is 2. The number of carbonyl (C=O) groups excluding carboxylic acids is 1. The monoisotopic (exact) mass is 352 g/mol. The smallest absolute Gasteiger partial charge is 0.226 e. The van der Waals surface area contributed by atoms with Crippen LogP contribution < -0.4 is 16.0 Å². The average Bonchev–Trinajstić information content (AvgIpc) is 2.69. The molecule has 3 N–H and O–H groups in total. The molecule has 2 aromatic rings. The Labute approximate surface area is 155 Å². The molecule has 0 bridgehead atoms. The summed E-state index contributed by atoms with van der Waals surface area (Å²) in [7, 11) is 0. The molecule has 1 aliphatic heterocycles. The first-order chi connectivity index (χ1) is 12.7. The van der Waals surface area contributed by atoms with Crippen LogP contribution in [0, 0.1) is 0 Å². The van der Waals surface area contributed by atoms with Crippen LogP contribution in [-0.4, -0.2) is 43.5 Å². The fourth-order valence-electron chi connectivity index (χ4n) is 3.38. The minimum atomic E-state index is -0.295. The Bertz CT molecular complexity index is 711. The molecule has 3 rings (SSSR count). The molecule has 1 saturated heterocycles. The Balaban J connectivity index is 1.64. The van der Waals surface area contributed by atoms with Crippen LogP contribution in [0.25, 0.3) is 0 Å². The van der Waals surface area contributed by atoms with E-state index in [0.29, 0.717) is 0 Å². The molecular weight excluding hydrogens is 324 g/mol. The van der Waals surface area contributed by atoms with Gasteiger partial charge in [-0.2, -0.15) is 0 Å². The summed E-state index contributed by atoms with van der Waals surface area (Å²) >= 11 is 0. The molecular formula is C21H28N4O. The maximum Gasteiger partial charge on any atom is 0.226 e. The molecule has 5 nitrogen and oxygen atoms in total. The number of hydrogen-bond acceptors (Lipinski definition) is 4. The van der Waals surface area contributed by atoms with Gasteiger partial charge in [0.15, 0.2) is 0 Å². The topological polar surface area (TPSA) is 61.6 Å². The zero-order valence-electron chi connectivity index (χ0n) is 15.4. The van der Waals surface area contributed by atoms with E-state index in [2.05, 4.69) is 28.1 Å². The van der Waals surface area contributed by atoms with Crippen molar-refractivity contribution in [3.63, 3.8) is 0 Å². The minimum Gasteiger partial charge on any atom is -0.367 e. The van der Waals surface area contributed by atoms with E-state index in [9.17, 15) is 4.79 Å². The van der Waals surface area contributed by atoms with Gasteiger partial charge in [-0.05, 0) is 24.2 Å². The Kier molecular flexibility index (Phi) is 6.26. The van der Waals surface area contributed by atoms with Crippen LogP contribution in [0.15, 0.2) is 54.6 Å². The van der Waals surface area contributed by atoms with Gasteiger partial charge in [0.1, 0.15) is 0 Å². The molecule has 1 atom stereocenters. The van der Waals surface area contributed by atoms with Crippen LogP contribution in [0.3, 0.4) is 0 Å². The third kappa shape index (κ3) is 4.62. The summed E-state index contributed by atoms with van der Waals surface area (Å²) in [6.45, 7) is 7.34. The second kappa shape index (κ2) is 8.83. The first-order valence-corrected chi connectivity index (χ1v) is 9.34. The maximum atomic E-state index is 12.5. The third-order valence-electron chi connectivity index (χ3n) is 4.97. The van der Waals surface area contributed by atoms with Crippen LogP contribution in [0.5, 0.6) is 0 Å². The second-order valence-electron chi connectivity index (χ2n) is 6.71. The number of amides is 1. The van der Waals surface area contributed by atoms with Gasteiger partial charge in [-0.15, -0.1) is 0 Å². The summed E-state index contributed by atoms with van der Waals surface area (Å²) in [5, 5.41) is 3.06. The van der Waals surface area contributed by atoms with Crippen molar-refractivity contribution in [2.75, 3.05) is 42.9 Å². The lowest BCUT2D eigenvalue weighted by molar-refractivity contribution is -0.116. The number of piperazine rings is 1. The first-order valence-electron chi connectivity index (χ1n) is 9.34. The molecule has 5 heteroatoms. The van der Waals surface area contributed by atoms with Gasteiger partial charge in [0, 0.05) is 38.6 Å². The molecule has 0 aliphatic carbocycles. The van der Waals surface area contributed by atoms with Crippen molar-refractivity contribution < 1.29 is 4.79 Å². The Morgan fingerprint density at radius 2 is 1.69 bits per heavy atom. The van der Waals surface area contributed by atoms with E-state index in [1.54, 1.807) is 0 Å². The first kappa shape index (κ1) is 18.4. The van der Waals surface area contributed by atoms with Crippen molar-refractivity contribution in [2.24, 2.45) is 5.73 Å². The van der Waals surface area contributed by atoms with Gasteiger partial charge in [0.25, 0.3) is 0 Å². The molecule has 0 spiro atoms. The Hall–Kier alpha value is -2.37. The highest BCUT2D eigenvalue weighted by atomic mass is 16.1. The third-order valence-corrected chi connectivity index (χ3v) is 4.97. The normalized spacial score (nSPS) is 16.3. The Morgan fingerprint density at radius 1 is 1.04 bits per heavy atom. The van der Waals surface area contributed by atoms with E-state index in [1.807, 2.05) is 48.5 Å². The minimum absolute atomic E-state index is 0.0546. The maximum absolute atomic E-state index is 12.5. The molecule has 1 unspecified atom stereocenters. The lowest BCUT2D eigenvalue weighted by atomic mass is 10.0. The molecule has 2 aromatic carbocycles. The fraction of sp³-hybridized carbons (Fsp3) is 0.381.